The molecular formula is C9H6BrIOS. The second-order valence-corrected chi connectivity index (χ2v) is 5.49. The van der Waals surface area contributed by atoms with Crippen LogP contribution in [0.1, 0.15) is 5.56 Å². The summed E-state index contributed by atoms with van der Waals surface area (Å²) in [5.41, 5.74) is 1.25. The molecule has 1 aromatic heterocycles. The third-order valence-electron chi connectivity index (χ3n) is 1.79. The fourth-order valence-corrected chi connectivity index (χ4v) is 3.46. The van der Waals surface area contributed by atoms with Gasteiger partial charge in [-0.15, -0.1) is 0 Å². The van der Waals surface area contributed by atoms with Crippen molar-refractivity contribution in [3.63, 3.8) is 0 Å². The maximum Gasteiger partial charge on any atom is 0.172 e. The van der Waals surface area contributed by atoms with E-state index in [-0.39, 0.29) is 0 Å². The zero-order valence-electron chi connectivity index (χ0n) is 6.55. The van der Waals surface area contributed by atoms with E-state index in [0.717, 1.165) is 15.4 Å². The van der Waals surface area contributed by atoms with Gasteiger partial charge in [0.15, 0.2) is 5.06 Å². The molecule has 0 bridgehead atoms. The third kappa shape index (κ3) is 1.85. The summed E-state index contributed by atoms with van der Waals surface area (Å²) >= 11 is 7.14. The van der Waals surface area contributed by atoms with E-state index in [9.17, 15) is 5.11 Å². The van der Waals surface area contributed by atoms with Gasteiger partial charge in [0.1, 0.15) is 0 Å². The Balaban J connectivity index is 2.75. The Hall–Kier alpha value is 0.190. The first kappa shape index (κ1) is 9.73. The number of rotatable bonds is 1. The molecule has 0 radical (unpaired) electrons. The van der Waals surface area contributed by atoms with Crippen molar-refractivity contribution in [1.29, 1.82) is 0 Å². The highest BCUT2D eigenvalue weighted by Crippen LogP contribution is 2.34. The lowest BCUT2D eigenvalue weighted by molar-refractivity contribution is 0.491. The molecule has 0 saturated heterocycles. The second kappa shape index (κ2) is 3.74. The van der Waals surface area contributed by atoms with E-state index < -0.39 is 0 Å². The molecule has 68 valence electrons. The molecule has 1 N–H and O–H groups in total. The van der Waals surface area contributed by atoms with Crippen LogP contribution in [0.4, 0.5) is 0 Å². The van der Waals surface area contributed by atoms with Crippen LogP contribution < -0.4 is 0 Å². The van der Waals surface area contributed by atoms with E-state index in [4.69, 9.17) is 0 Å². The lowest BCUT2D eigenvalue weighted by Gasteiger charge is -1.98. The molecule has 13 heavy (non-hydrogen) atoms. The lowest BCUT2D eigenvalue weighted by Crippen LogP contribution is -1.79. The summed E-state index contributed by atoms with van der Waals surface area (Å²) in [6.45, 7) is 0. The van der Waals surface area contributed by atoms with Crippen LogP contribution in [-0.4, -0.2) is 5.11 Å². The first-order valence-electron chi connectivity index (χ1n) is 3.67. The van der Waals surface area contributed by atoms with Crippen LogP contribution in [0.5, 0.6) is 5.06 Å². The van der Waals surface area contributed by atoms with Crippen LogP contribution in [0.25, 0.3) is 10.1 Å². The predicted octanol–water partition coefficient (Wildman–Crippen LogP) is 4.11. The summed E-state index contributed by atoms with van der Waals surface area (Å²) < 4.78 is 2.35. The van der Waals surface area contributed by atoms with Crippen molar-refractivity contribution in [3.8, 4) is 5.06 Å². The molecule has 0 fully saturated rings. The maximum absolute atomic E-state index is 9.35. The minimum atomic E-state index is 0.389. The Morgan fingerprint density at radius 3 is 2.85 bits per heavy atom. The molecule has 0 saturated carbocycles. The largest absolute Gasteiger partial charge is 0.499 e. The van der Waals surface area contributed by atoms with E-state index in [1.807, 2.05) is 6.07 Å². The molecule has 1 nitrogen and oxygen atoms in total. The topological polar surface area (TPSA) is 20.2 Å². The number of fused-ring (bicyclic) bond motifs is 1. The highest BCUT2D eigenvalue weighted by atomic mass is 127. The van der Waals surface area contributed by atoms with Gasteiger partial charge in [-0.05, 0) is 40.3 Å². The molecule has 2 rings (SSSR count). The number of benzene rings is 1. The summed E-state index contributed by atoms with van der Waals surface area (Å²) in [6.07, 6.45) is 0. The SMILES string of the molecule is Oc1cc2c(I)cc(CBr)cc2s1. The Morgan fingerprint density at radius 2 is 2.15 bits per heavy atom. The van der Waals surface area contributed by atoms with E-state index in [0.29, 0.717) is 5.06 Å². The van der Waals surface area contributed by atoms with Crippen molar-refractivity contribution >= 4 is 59.9 Å². The number of alkyl halides is 1. The minimum absolute atomic E-state index is 0.389. The molecular weight excluding hydrogens is 363 g/mol. The number of aromatic hydroxyl groups is 1. The van der Waals surface area contributed by atoms with Gasteiger partial charge < -0.3 is 5.11 Å². The molecule has 4 heteroatoms. The normalized spacial score (nSPS) is 10.9. The lowest BCUT2D eigenvalue weighted by atomic mass is 10.2. The Labute approximate surface area is 102 Å². The van der Waals surface area contributed by atoms with Crippen molar-refractivity contribution in [2.75, 3.05) is 0 Å². The fourth-order valence-electron chi connectivity index (χ4n) is 1.21. The summed E-state index contributed by atoms with van der Waals surface area (Å²) in [6, 6.07) is 6.06. The molecule has 1 aromatic carbocycles. The molecule has 1 heterocycles. The van der Waals surface area contributed by atoms with E-state index in [1.165, 1.54) is 20.5 Å². The Morgan fingerprint density at radius 1 is 1.38 bits per heavy atom. The Kier molecular flexibility index (Phi) is 2.80. The van der Waals surface area contributed by atoms with Crippen molar-refractivity contribution in [2.45, 2.75) is 5.33 Å². The molecule has 0 amide bonds. The van der Waals surface area contributed by atoms with Crippen molar-refractivity contribution in [2.24, 2.45) is 0 Å². The van der Waals surface area contributed by atoms with Gasteiger partial charge >= 0.3 is 0 Å². The van der Waals surface area contributed by atoms with Crippen LogP contribution in [-0.2, 0) is 5.33 Å². The summed E-state index contributed by atoms with van der Waals surface area (Å²) in [4.78, 5) is 0. The van der Waals surface area contributed by atoms with Gasteiger partial charge in [-0.25, -0.2) is 0 Å². The minimum Gasteiger partial charge on any atom is -0.499 e. The van der Waals surface area contributed by atoms with Crippen LogP contribution >= 0.6 is 49.9 Å². The van der Waals surface area contributed by atoms with Crippen molar-refractivity contribution in [3.05, 3.63) is 27.3 Å². The van der Waals surface area contributed by atoms with Crippen LogP contribution in [0.2, 0.25) is 0 Å². The maximum atomic E-state index is 9.35. The zero-order chi connectivity index (χ0) is 9.42. The zero-order valence-corrected chi connectivity index (χ0v) is 11.1. The number of thiophene rings is 1. The number of hydrogen-bond acceptors (Lipinski definition) is 2. The van der Waals surface area contributed by atoms with E-state index in [1.54, 1.807) is 0 Å². The van der Waals surface area contributed by atoms with E-state index in [2.05, 4.69) is 50.7 Å². The standard InChI is InChI=1S/C9H6BrIOS/c10-4-5-1-7(11)6-3-9(12)13-8(6)2-5/h1-3,12H,4H2. The quantitative estimate of drug-likeness (QED) is 0.593. The number of halogens is 2. The first-order valence-corrected chi connectivity index (χ1v) is 6.69. The predicted molar refractivity (Wildman–Crippen MR) is 68.8 cm³/mol. The summed E-state index contributed by atoms with van der Waals surface area (Å²) in [5.74, 6) is 0. The molecule has 0 atom stereocenters. The average Bonchev–Trinajstić information content (AvgIpc) is 2.46. The highest BCUT2D eigenvalue weighted by Gasteiger charge is 2.05. The first-order chi connectivity index (χ1) is 6.20. The monoisotopic (exact) mass is 368 g/mol. The summed E-state index contributed by atoms with van der Waals surface area (Å²) in [5, 5.41) is 11.7. The van der Waals surface area contributed by atoms with Gasteiger partial charge in [-0.1, -0.05) is 27.3 Å². The summed E-state index contributed by atoms with van der Waals surface area (Å²) in [7, 11) is 0. The molecule has 0 aliphatic carbocycles. The van der Waals surface area contributed by atoms with E-state index >= 15 is 0 Å². The smallest absolute Gasteiger partial charge is 0.172 e. The van der Waals surface area contributed by atoms with Gasteiger partial charge in [0, 0.05) is 25.1 Å². The van der Waals surface area contributed by atoms with Gasteiger partial charge in [-0.3, -0.25) is 0 Å². The van der Waals surface area contributed by atoms with Crippen molar-refractivity contribution in [1.82, 2.24) is 0 Å². The highest BCUT2D eigenvalue weighted by molar-refractivity contribution is 14.1. The molecule has 0 aliphatic heterocycles. The molecule has 0 aliphatic rings. The average molecular weight is 369 g/mol. The van der Waals surface area contributed by atoms with Crippen LogP contribution in [0, 0.1) is 3.57 Å². The van der Waals surface area contributed by atoms with Crippen LogP contribution in [0.3, 0.4) is 0 Å². The Bertz CT molecular complexity index is 452. The van der Waals surface area contributed by atoms with Gasteiger partial charge in [0.05, 0.1) is 0 Å². The van der Waals surface area contributed by atoms with Crippen molar-refractivity contribution < 1.29 is 5.11 Å². The number of hydrogen-bond donors (Lipinski definition) is 1. The third-order valence-corrected chi connectivity index (χ3v) is 4.21. The molecule has 0 spiro atoms. The second-order valence-electron chi connectivity index (χ2n) is 2.71. The molecule has 0 unspecified atom stereocenters. The molecule has 2 aromatic rings. The van der Waals surface area contributed by atoms with Gasteiger partial charge in [0.2, 0.25) is 0 Å². The van der Waals surface area contributed by atoms with Gasteiger partial charge in [0.25, 0.3) is 0 Å². The van der Waals surface area contributed by atoms with Gasteiger partial charge in [-0.2, -0.15) is 0 Å². The fraction of sp³-hybridized carbons (Fsp3) is 0.111. The van der Waals surface area contributed by atoms with Crippen LogP contribution in [0.15, 0.2) is 18.2 Å².